The Morgan fingerprint density at radius 3 is 3.00 bits per heavy atom. The standard InChI is InChI=1S/C19H22N4O3S/c1-26-10-4-7-17(25)23-19(27)20-12-8-9-16(24)13(11-12)18-21-14-5-2-3-6-15(14)22-18/h2-9,11,14-15,17,24-25H,10H2,1H3,(H,21,22)(H2,20,23,27)/b7-4+. The number of aliphatic hydroxyl groups excluding tert-OH is 1. The number of aromatic hydroxyl groups is 1. The lowest BCUT2D eigenvalue weighted by Crippen LogP contribution is -2.36. The van der Waals surface area contributed by atoms with E-state index in [1.807, 2.05) is 24.3 Å². The number of nitrogens with zero attached hydrogens (tertiary/aromatic N) is 1. The number of aliphatic hydroxyl groups is 1. The first-order valence-corrected chi connectivity index (χ1v) is 8.91. The highest BCUT2D eigenvalue weighted by Crippen LogP contribution is 2.25. The van der Waals surface area contributed by atoms with Crippen LogP contribution < -0.4 is 16.0 Å². The van der Waals surface area contributed by atoms with Crippen molar-refractivity contribution in [1.29, 1.82) is 0 Å². The lowest BCUT2D eigenvalue weighted by Gasteiger charge is -2.15. The summed E-state index contributed by atoms with van der Waals surface area (Å²) in [6.07, 6.45) is 10.3. The second-order valence-electron chi connectivity index (χ2n) is 6.07. The molecule has 142 valence electrons. The molecule has 0 saturated carbocycles. The number of amidine groups is 1. The molecule has 1 heterocycles. The fourth-order valence-corrected chi connectivity index (χ4v) is 3.02. The van der Waals surface area contributed by atoms with E-state index in [4.69, 9.17) is 17.0 Å². The van der Waals surface area contributed by atoms with Gasteiger partial charge in [-0.25, -0.2) is 0 Å². The van der Waals surface area contributed by atoms with E-state index in [2.05, 4.69) is 20.9 Å². The summed E-state index contributed by atoms with van der Waals surface area (Å²) < 4.78 is 4.88. The third kappa shape index (κ3) is 4.94. The van der Waals surface area contributed by atoms with Crippen molar-refractivity contribution in [3.05, 3.63) is 60.2 Å². The molecule has 2 aliphatic rings. The van der Waals surface area contributed by atoms with Crippen LogP contribution in [0.4, 0.5) is 5.69 Å². The number of ether oxygens (including phenoxy) is 1. The van der Waals surface area contributed by atoms with Crippen molar-refractivity contribution in [3.8, 4) is 5.75 Å². The number of allylic oxidation sites excluding steroid dienone is 2. The number of phenols is 1. The third-order valence-corrected chi connectivity index (χ3v) is 4.28. The van der Waals surface area contributed by atoms with Gasteiger partial charge in [0, 0.05) is 12.8 Å². The minimum Gasteiger partial charge on any atom is -0.507 e. The highest BCUT2D eigenvalue weighted by atomic mass is 32.1. The van der Waals surface area contributed by atoms with Crippen molar-refractivity contribution in [3.63, 3.8) is 0 Å². The number of phenolic OH excluding ortho intramolecular Hbond substituents is 1. The Kier molecular flexibility index (Phi) is 6.23. The van der Waals surface area contributed by atoms with E-state index in [1.54, 1.807) is 37.5 Å². The molecule has 1 aromatic rings. The van der Waals surface area contributed by atoms with Crippen molar-refractivity contribution < 1.29 is 14.9 Å². The smallest absolute Gasteiger partial charge is 0.173 e. The zero-order valence-corrected chi connectivity index (χ0v) is 15.6. The summed E-state index contributed by atoms with van der Waals surface area (Å²) in [5, 5.41) is 29.4. The van der Waals surface area contributed by atoms with Gasteiger partial charge in [-0.1, -0.05) is 30.4 Å². The van der Waals surface area contributed by atoms with E-state index in [-0.39, 0.29) is 22.9 Å². The second-order valence-corrected chi connectivity index (χ2v) is 6.48. The van der Waals surface area contributed by atoms with Gasteiger partial charge in [0.05, 0.1) is 24.3 Å². The van der Waals surface area contributed by atoms with Crippen molar-refractivity contribution in [2.24, 2.45) is 4.99 Å². The van der Waals surface area contributed by atoms with Gasteiger partial charge in [-0.2, -0.15) is 0 Å². The number of rotatable bonds is 6. The molecule has 1 aliphatic heterocycles. The fraction of sp³-hybridized carbons (Fsp3) is 0.263. The average molecular weight is 386 g/mol. The van der Waals surface area contributed by atoms with Crippen LogP contribution in [0.5, 0.6) is 5.75 Å². The van der Waals surface area contributed by atoms with Crippen LogP contribution in [-0.2, 0) is 4.74 Å². The fourth-order valence-electron chi connectivity index (χ4n) is 2.78. The molecule has 1 aliphatic carbocycles. The topological polar surface area (TPSA) is 98.1 Å². The number of methoxy groups -OCH3 is 1. The lowest BCUT2D eigenvalue weighted by molar-refractivity contribution is 0.204. The first kappa shape index (κ1) is 19.1. The van der Waals surface area contributed by atoms with Crippen LogP contribution in [0.15, 0.2) is 59.6 Å². The van der Waals surface area contributed by atoms with Crippen LogP contribution in [0, 0.1) is 0 Å². The van der Waals surface area contributed by atoms with Gasteiger partial charge in [-0.3, -0.25) is 4.99 Å². The number of hydrogen-bond acceptors (Lipinski definition) is 6. The van der Waals surface area contributed by atoms with Crippen molar-refractivity contribution in [2.45, 2.75) is 18.3 Å². The number of benzene rings is 1. The number of fused-ring (bicyclic) bond motifs is 1. The van der Waals surface area contributed by atoms with Crippen LogP contribution in [-0.4, -0.2) is 53.2 Å². The molecule has 0 spiro atoms. The summed E-state index contributed by atoms with van der Waals surface area (Å²) >= 11 is 5.21. The lowest BCUT2D eigenvalue weighted by atomic mass is 10.1. The van der Waals surface area contributed by atoms with E-state index in [0.29, 0.717) is 23.7 Å². The molecule has 0 aromatic heterocycles. The molecule has 0 amide bonds. The van der Waals surface area contributed by atoms with Crippen molar-refractivity contribution in [2.75, 3.05) is 19.0 Å². The normalized spacial score (nSPS) is 21.5. The zero-order valence-electron chi connectivity index (χ0n) is 14.8. The van der Waals surface area contributed by atoms with Gasteiger partial charge in [0.1, 0.15) is 17.8 Å². The van der Waals surface area contributed by atoms with Gasteiger partial charge < -0.3 is 30.9 Å². The van der Waals surface area contributed by atoms with E-state index in [1.165, 1.54) is 0 Å². The molecule has 0 saturated heterocycles. The van der Waals surface area contributed by atoms with Gasteiger partial charge in [0.25, 0.3) is 0 Å². The molecule has 8 heteroatoms. The summed E-state index contributed by atoms with van der Waals surface area (Å²) in [4.78, 5) is 4.62. The Bertz CT molecular complexity index is 819. The predicted octanol–water partition coefficient (Wildman–Crippen LogP) is 1.41. The molecule has 27 heavy (non-hydrogen) atoms. The van der Waals surface area contributed by atoms with Crippen LogP contribution >= 0.6 is 12.2 Å². The number of thiocarbonyl (C=S) groups is 1. The first-order valence-electron chi connectivity index (χ1n) is 8.50. The molecule has 3 atom stereocenters. The SMILES string of the molecule is COC/C=C/C(O)NC(=S)Nc1ccc(O)c(C2=NC3C=CC=CC3N2)c1. The van der Waals surface area contributed by atoms with Crippen LogP contribution in [0.25, 0.3) is 0 Å². The Morgan fingerprint density at radius 1 is 1.41 bits per heavy atom. The molecule has 0 radical (unpaired) electrons. The molecular weight excluding hydrogens is 364 g/mol. The highest BCUT2D eigenvalue weighted by Gasteiger charge is 2.27. The first-order chi connectivity index (χ1) is 13.1. The van der Waals surface area contributed by atoms with Crippen molar-refractivity contribution in [1.82, 2.24) is 10.6 Å². The predicted molar refractivity (Wildman–Crippen MR) is 110 cm³/mol. The second kappa shape index (κ2) is 8.81. The minimum absolute atomic E-state index is 0.0257. The summed E-state index contributed by atoms with van der Waals surface area (Å²) in [6, 6.07) is 5.15. The van der Waals surface area contributed by atoms with Crippen LogP contribution in [0.1, 0.15) is 5.56 Å². The van der Waals surface area contributed by atoms with E-state index in [9.17, 15) is 10.2 Å². The Hall–Kier alpha value is -2.68. The minimum atomic E-state index is -0.931. The number of nitrogens with one attached hydrogen (secondary N) is 3. The monoisotopic (exact) mass is 386 g/mol. The largest absolute Gasteiger partial charge is 0.507 e. The van der Waals surface area contributed by atoms with Gasteiger partial charge in [-0.05, 0) is 36.5 Å². The Labute approximate surface area is 163 Å². The average Bonchev–Trinajstić information content (AvgIpc) is 3.07. The Morgan fingerprint density at radius 2 is 2.22 bits per heavy atom. The summed E-state index contributed by atoms with van der Waals surface area (Å²) in [5.74, 6) is 0.753. The van der Waals surface area contributed by atoms with Gasteiger partial charge in [0.2, 0.25) is 0 Å². The van der Waals surface area contributed by atoms with Gasteiger partial charge in [0.15, 0.2) is 5.11 Å². The quantitative estimate of drug-likeness (QED) is 0.218. The van der Waals surface area contributed by atoms with E-state index in [0.717, 1.165) is 0 Å². The Balaban J connectivity index is 1.66. The summed E-state index contributed by atoms with van der Waals surface area (Å²) in [5.41, 5.74) is 1.25. The molecule has 0 fully saturated rings. The van der Waals surface area contributed by atoms with E-state index >= 15 is 0 Å². The third-order valence-electron chi connectivity index (χ3n) is 4.06. The molecule has 5 N–H and O–H groups in total. The van der Waals surface area contributed by atoms with Crippen molar-refractivity contribution >= 4 is 28.9 Å². The van der Waals surface area contributed by atoms with Crippen LogP contribution in [0.2, 0.25) is 0 Å². The van der Waals surface area contributed by atoms with Gasteiger partial charge >= 0.3 is 0 Å². The molecule has 3 unspecified atom stereocenters. The molecule has 7 nitrogen and oxygen atoms in total. The summed E-state index contributed by atoms with van der Waals surface area (Å²) in [7, 11) is 1.57. The van der Waals surface area contributed by atoms with Crippen LogP contribution in [0.3, 0.4) is 0 Å². The zero-order chi connectivity index (χ0) is 19.2. The molecular formula is C19H22N4O3S. The number of anilines is 1. The van der Waals surface area contributed by atoms with E-state index < -0.39 is 6.23 Å². The molecule has 1 aromatic carbocycles. The number of aliphatic imine (C=N–C) groups is 1. The molecule has 0 bridgehead atoms. The molecule has 3 rings (SSSR count). The van der Waals surface area contributed by atoms with Gasteiger partial charge in [-0.15, -0.1) is 0 Å². The maximum atomic E-state index is 10.2. The maximum Gasteiger partial charge on any atom is 0.173 e. The number of hydrogen-bond donors (Lipinski definition) is 5. The maximum absolute atomic E-state index is 10.2. The summed E-state index contributed by atoms with van der Waals surface area (Å²) in [6.45, 7) is 0.404. The highest BCUT2D eigenvalue weighted by molar-refractivity contribution is 7.80.